The molecular weight excluding hydrogens is 600 g/mol. The number of hydrogen-bond acceptors (Lipinski definition) is 12. The van der Waals surface area contributed by atoms with Gasteiger partial charge in [-0.25, -0.2) is 9.59 Å². The molecule has 0 radical (unpaired) electrons. The zero-order valence-corrected chi connectivity index (χ0v) is 27.4. The summed E-state index contributed by atoms with van der Waals surface area (Å²) in [6.07, 6.45) is 0.521. The number of aliphatic hydroxyl groups is 1. The van der Waals surface area contributed by atoms with Gasteiger partial charge in [-0.3, -0.25) is 14.4 Å². The van der Waals surface area contributed by atoms with Crippen molar-refractivity contribution < 1.29 is 57.2 Å². The average molecular weight is 643 g/mol. The molecule has 3 saturated carbocycles. The van der Waals surface area contributed by atoms with Crippen LogP contribution in [0.3, 0.4) is 0 Å². The molecule has 2 bridgehead atoms. The van der Waals surface area contributed by atoms with Crippen molar-refractivity contribution in [2.45, 2.75) is 103 Å². The van der Waals surface area contributed by atoms with Gasteiger partial charge < -0.3 is 33.2 Å². The van der Waals surface area contributed by atoms with Crippen molar-refractivity contribution in [1.29, 1.82) is 0 Å². The smallest absolute Gasteiger partial charge is 0.347 e. The van der Waals surface area contributed by atoms with Crippen LogP contribution in [0.2, 0.25) is 0 Å². The summed E-state index contributed by atoms with van der Waals surface area (Å²) >= 11 is 0. The standard InChI is InChI=1S/C34H42O12/c1-9-16(2)25(37)45-28-30(4,5)23(22(26(38)41-8)43-17(3)35)32(7)19-10-12-31(6)20(34(19)29(46-34)33(28,40)27(32)39)14-21(36)44-24(31)18-11-13-42-15-18/h9,11,13,15,19-20,22-24,28-29,40H,10,12,14H2,1-8H3/t19-,20-,22+,23+,24+,28+,29-,31-,32-,33+,34-/m1/s1. The number of fused-ring (bicyclic) bond motifs is 5. The first-order valence-corrected chi connectivity index (χ1v) is 15.7. The number of Topliss-reactive ketones (excluding diaryl/α,β-unsaturated/α-hetero) is 1. The highest BCUT2D eigenvalue weighted by molar-refractivity contribution is 5.99. The van der Waals surface area contributed by atoms with Crippen LogP contribution in [0.15, 0.2) is 34.7 Å². The number of ether oxygens (including phenoxy) is 5. The molecule has 11 atom stereocenters. The average Bonchev–Trinajstić information content (AvgIpc) is 3.49. The highest BCUT2D eigenvalue weighted by atomic mass is 16.6. The second-order valence-corrected chi connectivity index (χ2v) is 14.7. The zero-order valence-electron chi connectivity index (χ0n) is 27.4. The number of allylic oxidation sites excluding steroid dienone is 1. The molecule has 5 aliphatic rings. The van der Waals surface area contributed by atoms with Crippen LogP contribution >= 0.6 is 0 Å². The van der Waals surface area contributed by atoms with Gasteiger partial charge in [-0.1, -0.05) is 33.8 Å². The monoisotopic (exact) mass is 642 g/mol. The van der Waals surface area contributed by atoms with E-state index in [-0.39, 0.29) is 12.0 Å². The first kappa shape index (κ1) is 32.4. The Hall–Kier alpha value is -3.51. The Balaban J connectivity index is 1.58. The third-order valence-electron chi connectivity index (χ3n) is 12.1. The van der Waals surface area contributed by atoms with Crippen LogP contribution in [0.4, 0.5) is 0 Å². The molecule has 46 heavy (non-hydrogen) atoms. The molecule has 0 amide bonds. The summed E-state index contributed by atoms with van der Waals surface area (Å²) in [5, 5.41) is 12.8. The third-order valence-corrected chi connectivity index (χ3v) is 12.1. The van der Waals surface area contributed by atoms with Crippen molar-refractivity contribution in [2.75, 3.05) is 7.11 Å². The van der Waals surface area contributed by atoms with E-state index in [1.807, 2.05) is 6.92 Å². The molecule has 2 saturated heterocycles. The molecule has 0 unspecified atom stereocenters. The van der Waals surface area contributed by atoms with Gasteiger partial charge in [-0.15, -0.1) is 0 Å². The van der Waals surface area contributed by atoms with Crippen LogP contribution in [0.1, 0.15) is 79.4 Å². The Morgan fingerprint density at radius 3 is 2.39 bits per heavy atom. The van der Waals surface area contributed by atoms with E-state index < -0.39 is 99.3 Å². The minimum atomic E-state index is -2.36. The molecule has 2 aliphatic heterocycles. The Kier molecular flexibility index (Phi) is 7.22. The maximum atomic E-state index is 15.0. The van der Waals surface area contributed by atoms with E-state index in [1.54, 1.807) is 46.8 Å². The van der Waals surface area contributed by atoms with Gasteiger partial charge in [0.2, 0.25) is 6.10 Å². The van der Waals surface area contributed by atoms with E-state index in [4.69, 9.17) is 28.1 Å². The molecule has 12 nitrogen and oxygen atoms in total. The van der Waals surface area contributed by atoms with E-state index in [0.717, 1.165) is 14.0 Å². The summed E-state index contributed by atoms with van der Waals surface area (Å²) in [7, 11) is 1.15. The number of hydrogen-bond donors (Lipinski definition) is 1. The van der Waals surface area contributed by atoms with Crippen LogP contribution in [0.5, 0.6) is 0 Å². The molecule has 1 spiro atoms. The van der Waals surface area contributed by atoms with Gasteiger partial charge in [0.25, 0.3) is 0 Å². The first-order valence-electron chi connectivity index (χ1n) is 15.7. The number of carbonyl (C=O) groups excluding carboxylic acids is 5. The second-order valence-electron chi connectivity index (χ2n) is 14.7. The van der Waals surface area contributed by atoms with Crippen molar-refractivity contribution in [3.8, 4) is 0 Å². The molecule has 3 heterocycles. The van der Waals surface area contributed by atoms with Crippen LogP contribution in [0, 0.1) is 34.0 Å². The molecule has 0 aromatic carbocycles. The van der Waals surface area contributed by atoms with Crippen molar-refractivity contribution >= 4 is 29.7 Å². The molecule has 3 aliphatic carbocycles. The summed E-state index contributed by atoms with van der Waals surface area (Å²) in [6.45, 7) is 11.4. The van der Waals surface area contributed by atoms with Crippen molar-refractivity contribution in [3.63, 3.8) is 0 Å². The van der Waals surface area contributed by atoms with Crippen LogP contribution < -0.4 is 0 Å². The molecule has 5 fully saturated rings. The Bertz CT molecular complexity index is 1530. The first-order chi connectivity index (χ1) is 21.5. The minimum Gasteiger partial charge on any atom is -0.472 e. The van der Waals surface area contributed by atoms with Crippen molar-refractivity contribution in [3.05, 3.63) is 35.8 Å². The molecular formula is C34H42O12. The fourth-order valence-corrected chi connectivity index (χ4v) is 10.2. The van der Waals surface area contributed by atoms with E-state index in [9.17, 15) is 29.1 Å². The summed E-state index contributed by atoms with van der Waals surface area (Å²) in [4.78, 5) is 67.6. The molecule has 6 rings (SSSR count). The highest BCUT2D eigenvalue weighted by Gasteiger charge is 2.91. The number of methoxy groups -OCH3 is 1. The summed E-state index contributed by atoms with van der Waals surface area (Å²) in [5.41, 5.74) is -6.29. The Labute approximate surface area is 267 Å². The van der Waals surface area contributed by atoms with E-state index >= 15 is 0 Å². The van der Waals surface area contributed by atoms with Crippen molar-refractivity contribution in [1.82, 2.24) is 0 Å². The normalized spacial score (nSPS) is 42.8. The Morgan fingerprint density at radius 1 is 1.11 bits per heavy atom. The van der Waals surface area contributed by atoms with Crippen LogP contribution in [0.25, 0.3) is 0 Å². The summed E-state index contributed by atoms with van der Waals surface area (Å²) < 4.78 is 34.7. The molecule has 1 aromatic rings. The van der Waals surface area contributed by atoms with Crippen molar-refractivity contribution in [2.24, 2.45) is 34.0 Å². The predicted octanol–water partition coefficient (Wildman–Crippen LogP) is 3.40. The van der Waals surface area contributed by atoms with Gasteiger partial charge >= 0.3 is 23.9 Å². The highest BCUT2D eigenvalue weighted by Crippen LogP contribution is 2.78. The van der Waals surface area contributed by atoms with E-state index in [1.165, 1.54) is 12.5 Å². The van der Waals surface area contributed by atoms with Gasteiger partial charge in [0.1, 0.15) is 23.9 Å². The minimum absolute atomic E-state index is 0.0429. The van der Waals surface area contributed by atoms with Crippen LogP contribution in [-0.2, 0) is 47.7 Å². The number of furan rings is 1. The number of rotatable bonds is 6. The number of carbonyl (C=O) groups is 5. The molecule has 250 valence electrons. The predicted molar refractivity (Wildman–Crippen MR) is 156 cm³/mol. The lowest BCUT2D eigenvalue weighted by Gasteiger charge is -2.67. The summed E-state index contributed by atoms with van der Waals surface area (Å²) in [6, 6.07) is 1.74. The number of epoxide rings is 1. The maximum Gasteiger partial charge on any atom is 0.347 e. The van der Waals surface area contributed by atoms with Gasteiger partial charge in [0, 0.05) is 52.1 Å². The lowest BCUT2D eigenvalue weighted by Crippen LogP contribution is -2.81. The Morgan fingerprint density at radius 2 is 1.80 bits per heavy atom. The van der Waals surface area contributed by atoms with Gasteiger partial charge in [0.05, 0.1) is 26.1 Å². The lowest BCUT2D eigenvalue weighted by atomic mass is 9.36. The van der Waals surface area contributed by atoms with E-state index in [0.29, 0.717) is 18.4 Å². The van der Waals surface area contributed by atoms with Gasteiger partial charge in [0.15, 0.2) is 11.4 Å². The third kappa shape index (κ3) is 3.95. The number of esters is 4. The lowest BCUT2D eigenvalue weighted by molar-refractivity contribution is -0.261. The molecule has 1 N–H and O–H groups in total. The SMILES string of the molecule is CC=C(C)C(=O)O[C@H]1C(C)(C)[C@H]([C@H](OC(C)=O)C(=O)OC)[C@]2(C)C(=O)[C@@]1(O)[C@H]1O[C@]13[C@@H]1CC(=O)O[C@@H](c4ccoc4)[C@]1(C)CC[C@H]23. The number of cyclic esters (lactones) is 1. The fourth-order valence-electron chi connectivity index (χ4n) is 10.2. The molecule has 12 heteroatoms. The second kappa shape index (κ2) is 10.2. The van der Waals surface area contributed by atoms with Crippen LogP contribution in [-0.4, -0.2) is 71.4 Å². The van der Waals surface area contributed by atoms with Gasteiger partial charge in [-0.05, 0) is 32.8 Å². The zero-order chi connectivity index (χ0) is 33.8. The van der Waals surface area contributed by atoms with Gasteiger partial charge in [-0.2, -0.15) is 0 Å². The summed E-state index contributed by atoms with van der Waals surface area (Å²) in [5.74, 6) is -5.86. The largest absolute Gasteiger partial charge is 0.472 e. The van der Waals surface area contributed by atoms with E-state index in [2.05, 4.69) is 0 Å². The topological polar surface area (TPSA) is 168 Å². The quantitative estimate of drug-likeness (QED) is 0.208. The number of ketones is 1. The maximum absolute atomic E-state index is 15.0. The molecule has 1 aromatic heterocycles. The fraction of sp³-hybridized carbons (Fsp3) is 0.676.